The first-order valence-electron chi connectivity index (χ1n) is 9.86. The maximum Gasteiger partial charge on any atom is 0.248 e. The molecule has 1 aliphatic heterocycles. The van der Waals surface area contributed by atoms with Gasteiger partial charge in [-0.15, -0.1) is 0 Å². The van der Waals surface area contributed by atoms with E-state index in [1.807, 2.05) is 12.1 Å². The molecule has 0 aliphatic carbocycles. The van der Waals surface area contributed by atoms with E-state index in [0.717, 1.165) is 16.7 Å². The molecule has 6 heteroatoms. The van der Waals surface area contributed by atoms with E-state index in [1.54, 1.807) is 4.90 Å². The molecule has 0 spiro atoms. The van der Waals surface area contributed by atoms with Crippen LogP contribution in [0.3, 0.4) is 0 Å². The summed E-state index contributed by atoms with van der Waals surface area (Å²) < 4.78 is 5.31. The van der Waals surface area contributed by atoms with Crippen molar-refractivity contribution in [2.45, 2.75) is 71.3 Å². The fraction of sp³-hybridized carbons (Fsp3) is 0.636. The molecular weight excluding hydrogens is 356 g/mol. The van der Waals surface area contributed by atoms with Gasteiger partial charge in [0.05, 0.1) is 13.2 Å². The average Bonchev–Trinajstić information content (AvgIpc) is 2.58. The van der Waals surface area contributed by atoms with Gasteiger partial charge < -0.3 is 20.5 Å². The number of phenols is 1. The summed E-state index contributed by atoms with van der Waals surface area (Å²) in [5.74, 6) is -0.217. The fourth-order valence-corrected chi connectivity index (χ4v) is 3.44. The van der Waals surface area contributed by atoms with Crippen molar-refractivity contribution in [1.29, 1.82) is 0 Å². The van der Waals surface area contributed by atoms with Gasteiger partial charge in [-0.05, 0) is 33.9 Å². The zero-order valence-corrected chi connectivity index (χ0v) is 18.0. The fourth-order valence-electron chi connectivity index (χ4n) is 3.44. The molecule has 6 nitrogen and oxygen atoms in total. The van der Waals surface area contributed by atoms with Gasteiger partial charge >= 0.3 is 0 Å². The second-order valence-corrected chi connectivity index (χ2v) is 9.64. The summed E-state index contributed by atoms with van der Waals surface area (Å²) in [6.07, 6.45) is 0.180. The Hall–Kier alpha value is -2.08. The second-order valence-electron chi connectivity index (χ2n) is 9.64. The van der Waals surface area contributed by atoms with Crippen LogP contribution in [-0.2, 0) is 31.6 Å². The van der Waals surface area contributed by atoms with Crippen molar-refractivity contribution in [1.82, 2.24) is 4.90 Å². The van der Waals surface area contributed by atoms with Crippen LogP contribution in [0.15, 0.2) is 12.1 Å². The molecule has 28 heavy (non-hydrogen) atoms. The van der Waals surface area contributed by atoms with Gasteiger partial charge in [-0.25, -0.2) is 0 Å². The van der Waals surface area contributed by atoms with Crippen LogP contribution < -0.4 is 5.73 Å². The maximum absolute atomic E-state index is 12.6. The zero-order chi connectivity index (χ0) is 21.3. The Balaban J connectivity index is 2.19. The minimum Gasteiger partial charge on any atom is -0.507 e. The number of ether oxygens (including phenoxy) is 1. The molecule has 0 aromatic heterocycles. The van der Waals surface area contributed by atoms with Gasteiger partial charge in [0.1, 0.15) is 5.75 Å². The number of hydrogen-bond acceptors (Lipinski definition) is 4. The van der Waals surface area contributed by atoms with Crippen molar-refractivity contribution in [2.24, 2.45) is 5.73 Å². The van der Waals surface area contributed by atoms with E-state index < -0.39 is 12.0 Å². The van der Waals surface area contributed by atoms with Crippen LogP contribution in [0.4, 0.5) is 0 Å². The summed E-state index contributed by atoms with van der Waals surface area (Å²) in [5.41, 5.74) is 7.70. The monoisotopic (exact) mass is 390 g/mol. The zero-order valence-electron chi connectivity index (χ0n) is 18.0. The van der Waals surface area contributed by atoms with Crippen molar-refractivity contribution in [3.05, 3.63) is 28.8 Å². The molecule has 0 bridgehead atoms. The number of amides is 2. The maximum atomic E-state index is 12.6. The van der Waals surface area contributed by atoms with Gasteiger partial charge in [-0.3, -0.25) is 9.59 Å². The van der Waals surface area contributed by atoms with Crippen LogP contribution in [0.1, 0.15) is 64.7 Å². The Morgan fingerprint density at radius 1 is 1.14 bits per heavy atom. The van der Waals surface area contributed by atoms with Gasteiger partial charge in [0.25, 0.3) is 0 Å². The molecule has 0 saturated carbocycles. The third-order valence-electron chi connectivity index (χ3n) is 5.15. The summed E-state index contributed by atoms with van der Waals surface area (Å²) >= 11 is 0. The molecule has 1 aliphatic rings. The normalized spacial score (nSPS) is 18.2. The van der Waals surface area contributed by atoms with E-state index >= 15 is 0 Å². The highest BCUT2D eigenvalue weighted by Crippen LogP contribution is 2.40. The van der Waals surface area contributed by atoms with Gasteiger partial charge in [0, 0.05) is 13.0 Å². The molecule has 2 amide bonds. The van der Waals surface area contributed by atoms with Crippen molar-refractivity contribution in [3.8, 4) is 5.75 Å². The Morgan fingerprint density at radius 2 is 1.68 bits per heavy atom. The number of nitrogens with zero attached hydrogens (tertiary/aromatic N) is 1. The average molecular weight is 391 g/mol. The molecule has 156 valence electrons. The number of primary amides is 1. The summed E-state index contributed by atoms with van der Waals surface area (Å²) in [5, 5.41) is 10.8. The first-order valence-corrected chi connectivity index (χ1v) is 9.86. The van der Waals surface area contributed by atoms with E-state index in [9.17, 15) is 14.7 Å². The van der Waals surface area contributed by atoms with Gasteiger partial charge in [0.15, 0.2) is 6.10 Å². The Morgan fingerprint density at radius 3 is 2.14 bits per heavy atom. The minimum absolute atomic E-state index is 0.0164. The molecule has 1 aromatic carbocycles. The molecule has 1 aromatic rings. The minimum atomic E-state index is -0.730. The molecule has 0 radical (unpaired) electrons. The first kappa shape index (κ1) is 22.2. The van der Waals surface area contributed by atoms with E-state index in [4.69, 9.17) is 10.5 Å². The summed E-state index contributed by atoms with van der Waals surface area (Å²) in [6, 6.07) is 4.01. The number of carbonyl (C=O) groups excluding carboxylic acids is 2. The molecule has 1 atom stereocenters. The molecule has 1 saturated heterocycles. The number of aromatic hydroxyl groups is 1. The number of carbonyl (C=O) groups is 2. The van der Waals surface area contributed by atoms with Gasteiger partial charge in [0.2, 0.25) is 11.8 Å². The van der Waals surface area contributed by atoms with Crippen LogP contribution in [-0.4, -0.2) is 47.6 Å². The third-order valence-corrected chi connectivity index (χ3v) is 5.15. The van der Waals surface area contributed by atoms with Crippen molar-refractivity contribution >= 4 is 11.8 Å². The van der Waals surface area contributed by atoms with Crippen molar-refractivity contribution < 1.29 is 19.4 Å². The van der Waals surface area contributed by atoms with Crippen LogP contribution in [0.25, 0.3) is 0 Å². The molecule has 2 rings (SSSR count). The van der Waals surface area contributed by atoms with Crippen LogP contribution in [0, 0.1) is 0 Å². The number of phenolic OH excluding ortho intramolecular Hbond substituents is 1. The van der Waals surface area contributed by atoms with Crippen LogP contribution in [0.2, 0.25) is 0 Å². The predicted octanol–water partition coefficient (Wildman–Crippen LogP) is 2.63. The Kier molecular flexibility index (Phi) is 6.44. The summed E-state index contributed by atoms with van der Waals surface area (Å²) in [7, 11) is 0. The van der Waals surface area contributed by atoms with E-state index in [1.165, 1.54) is 0 Å². The third kappa shape index (κ3) is 5.25. The lowest BCUT2D eigenvalue weighted by atomic mass is 9.78. The largest absolute Gasteiger partial charge is 0.507 e. The molecule has 1 unspecified atom stereocenters. The SMILES string of the molecule is CC(C)(C)c1cc(CCC(=O)N2CCOC(C(N)=O)C2)cc(C(C)(C)C)c1O. The smallest absolute Gasteiger partial charge is 0.248 e. The van der Waals surface area contributed by atoms with Crippen molar-refractivity contribution in [2.75, 3.05) is 19.7 Å². The molecule has 1 heterocycles. The summed E-state index contributed by atoms with van der Waals surface area (Å²) in [6.45, 7) is 13.4. The van der Waals surface area contributed by atoms with E-state index in [2.05, 4.69) is 41.5 Å². The lowest BCUT2D eigenvalue weighted by Gasteiger charge is -2.31. The van der Waals surface area contributed by atoms with Gasteiger partial charge in [-0.2, -0.15) is 0 Å². The Bertz CT molecular complexity index is 709. The highest BCUT2D eigenvalue weighted by atomic mass is 16.5. The first-order chi connectivity index (χ1) is 12.8. The highest BCUT2D eigenvalue weighted by molar-refractivity contribution is 5.81. The molecular formula is C22H34N2O4. The second kappa shape index (κ2) is 8.11. The van der Waals surface area contributed by atoms with Crippen LogP contribution in [0.5, 0.6) is 5.75 Å². The lowest BCUT2D eigenvalue weighted by molar-refractivity contribution is -0.145. The lowest BCUT2D eigenvalue weighted by Crippen LogP contribution is -2.50. The van der Waals surface area contributed by atoms with E-state index in [-0.39, 0.29) is 23.3 Å². The van der Waals surface area contributed by atoms with Gasteiger partial charge in [-0.1, -0.05) is 53.7 Å². The number of nitrogens with two attached hydrogens (primary N) is 1. The molecule has 3 N–H and O–H groups in total. The van der Waals surface area contributed by atoms with Crippen LogP contribution >= 0.6 is 0 Å². The number of aryl methyl sites for hydroxylation is 1. The van der Waals surface area contributed by atoms with Crippen molar-refractivity contribution in [3.63, 3.8) is 0 Å². The predicted molar refractivity (Wildman–Crippen MR) is 109 cm³/mol. The topological polar surface area (TPSA) is 92.9 Å². The molecule has 1 fully saturated rings. The summed E-state index contributed by atoms with van der Waals surface area (Å²) in [4.78, 5) is 25.6. The quantitative estimate of drug-likeness (QED) is 0.826. The number of morpholine rings is 1. The number of hydrogen-bond donors (Lipinski definition) is 2. The highest BCUT2D eigenvalue weighted by Gasteiger charge is 2.29. The number of rotatable bonds is 4. The standard InChI is InChI=1S/C22H34N2O4/c1-21(2,3)15-11-14(12-16(19(15)26)22(4,5)6)7-8-18(25)24-9-10-28-17(13-24)20(23)27/h11-12,17,26H,7-10,13H2,1-6H3,(H2,23,27). The Labute approximate surface area is 168 Å². The number of benzene rings is 1. The van der Waals surface area contributed by atoms with E-state index in [0.29, 0.717) is 31.7 Å².